The van der Waals surface area contributed by atoms with Crippen LogP contribution in [0.5, 0.6) is 0 Å². The van der Waals surface area contributed by atoms with E-state index >= 15 is 0 Å². The molecule has 38 valence electrons. The lowest BCUT2D eigenvalue weighted by molar-refractivity contribution is 0.924. The van der Waals surface area contributed by atoms with Gasteiger partial charge in [0.25, 0.3) is 0 Å². The van der Waals surface area contributed by atoms with Crippen molar-refractivity contribution in [3.63, 3.8) is 0 Å². The average Bonchev–Trinajstić information content (AvgIpc) is 1.86. The number of hydrogen-bond donors (Lipinski definition) is 0. The molecule has 0 bridgehead atoms. The second kappa shape index (κ2) is 3.76. The van der Waals surface area contributed by atoms with Crippen LogP contribution in [0.4, 0.5) is 0 Å². The summed E-state index contributed by atoms with van der Waals surface area (Å²) in [6.07, 6.45) is 5.65. The van der Waals surface area contributed by atoms with Crippen molar-refractivity contribution in [1.82, 2.24) is 0 Å². The lowest BCUT2D eigenvalue weighted by atomic mass is 10.4. The Balaban J connectivity index is 0.000000360. The molecule has 2 heteroatoms. The Hall–Kier alpha value is 0.796. The van der Waals surface area contributed by atoms with E-state index in [2.05, 4.69) is 6.08 Å². The first-order valence-corrected chi connectivity index (χ1v) is 2.62. The lowest BCUT2D eigenvalue weighted by Crippen LogP contribution is -1.55. The number of hydrogen-bond acceptors (Lipinski definition) is 0. The highest BCUT2D eigenvalue weighted by molar-refractivity contribution is 6.29. The van der Waals surface area contributed by atoms with Crippen LogP contribution in [0, 0.1) is 0 Å². The van der Waals surface area contributed by atoms with Crippen LogP contribution >= 0.6 is 11.6 Å². The van der Waals surface area contributed by atoms with Crippen molar-refractivity contribution < 1.29 is 0 Å². The van der Waals surface area contributed by atoms with E-state index in [1.165, 1.54) is 12.8 Å². The Labute approximate surface area is 65.1 Å². The van der Waals surface area contributed by atoms with Gasteiger partial charge in [-0.15, -0.1) is 0 Å². The van der Waals surface area contributed by atoms with Crippen LogP contribution < -0.4 is 0 Å². The topological polar surface area (TPSA) is 0 Å². The van der Waals surface area contributed by atoms with Crippen molar-refractivity contribution in [2.45, 2.75) is 19.3 Å². The fourth-order valence-corrected chi connectivity index (χ4v) is 0.874. The fraction of sp³-hybridized carbons (Fsp3) is 0.600. The largest absolute Gasteiger partial charge is 0.316 e. The molecule has 1 aliphatic carbocycles. The third-order valence-corrected chi connectivity index (χ3v) is 1.33. The first-order valence-electron chi connectivity index (χ1n) is 2.24. The van der Waals surface area contributed by atoms with E-state index in [0.29, 0.717) is 0 Å². The second-order valence-corrected chi connectivity index (χ2v) is 2.03. The normalized spacial score (nSPS) is 18.1. The lowest BCUT2D eigenvalue weighted by Gasteiger charge is -1.76. The molecule has 0 unspecified atom stereocenters. The third-order valence-electron chi connectivity index (χ3n) is 0.986. The molecule has 1 rings (SSSR count). The minimum Gasteiger partial charge on any atom is -0.0895 e. The van der Waals surface area contributed by atoms with Gasteiger partial charge < -0.3 is 0 Å². The summed E-state index contributed by atoms with van der Waals surface area (Å²) in [7, 11) is 0. The quantitative estimate of drug-likeness (QED) is 0.433. The van der Waals surface area contributed by atoms with Crippen molar-refractivity contribution in [3.05, 3.63) is 11.1 Å². The second-order valence-electron chi connectivity index (χ2n) is 1.54. The summed E-state index contributed by atoms with van der Waals surface area (Å²) < 4.78 is 0. The molecule has 0 heterocycles. The van der Waals surface area contributed by atoms with Gasteiger partial charge in [0.05, 0.1) is 0 Å². The molecule has 0 aromatic carbocycles. The minimum atomic E-state index is 0. The predicted octanol–water partition coefficient (Wildman–Crippen LogP) is 1.38. The van der Waals surface area contributed by atoms with Gasteiger partial charge in [0.1, 0.15) is 0 Å². The third kappa shape index (κ3) is 2.57. The molecule has 7 heavy (non-hydrogen) atoms. The van der Waals surface area contributed by atoms with E-state index < -0.39 is 0 Å². The van der Waals surface area contributed by atoms with Crippen LogP contribution in [-0.2, 0) is 0 Å². The molecule has 0 spiro atoms. The van der Waals surface area contributed by atoms with Gasteiger partial charge in [0.15, 0.2) is 0 Å². The van der Waals surface area contributed by atoms with Crippen molar-refractivity contribution in [2.24, 2.45) is 0 Å². The maximum atomic E-state index is 5.57. The smallest absolute Gasteiger partial charge is 0.0895 e. The number of halogens is 1. The predicted molar refractivity (Wildman–Crippen MR) is 36.3 cm³/mol. The van der Waals surface area contributed by atoms with Gasteiger partial charge in [-0.3, -0.25) is 0 Å². The van der Waals surface area contributed by atoms with Gasteiger partial charge in [0, 0.05) is 5.03 Å². The molecular weight excluding hydrogens is 120 g/mol. The van der Waals surface area contributed by atoms with E-state index in [-0.39, 0.29) is 23.1 Å². The summed E-state index contributed by atoms with van der Waals surface area (Å²) in [5.74, 6) is 0. The highest BCUT2D eigenvalue weighted by Crippen LogP contribution is 2.19. The molecule has 1 aliphatic rings. The Kier molecular flexibility index (Phi) is 4.18. The minimum absolute atomic E-state index is 0. The molecule has 0 saturated carbocycles. The highest BCUT2D eigenvalue weighted by Gasteiger charge is 1.97. The molecule has 0 aromatic heterocycles. The van der Waals surface area contributed by atoms with Gasteiger partial charge in [-0.2, -0.15) is 0 Å². The van der Waals surface area contributed by atoms with Crippen LogP contribution in [0.3, 0.4) is 0 Å². The Morgan fingerprint density at radius 3 is 2.43 bits per heavy atom. The fourth-order valence-electron chi connectivity index (χ4n) is 0.632. The summed E-state index contributed by atoms with van der Waals surface area (Å²) in [5, 5.41) is 1.05. The SMILES string of the molecule is ClC1=CCCC1.[MgH2]. The maximum absolute atomic E-state index is 5.57. The van der Waals surface area contributed by atoms with Crippen molar-refractivity contribution in [1.29, 1.82) is 0 Å². The highest BCUT2D eigenvalue weighted by atomic mass is 35.5. The van der Waals surface area contributed by atoms with Crippen molar-refractivity contribution in [3.8, 4) is 0 Å². The van der Waals surface area contributed by atoms with E-state index in [4.69, 9.17) is 11.6 Å². The van der Waals surface area contributed by atoms with Crippen LogP contribution in [0.1, 0.15) is 19.3 Å². The molecule has 0 aromatic rings. The maximum Gasteiger partial charge on any atom is 0.316 e. The van der Waals surface area contributed by atoms with E-state index in [0.717, 1.165) is 11.5 Å². The molecule has 0 saturated heterocycles. The molecule has 0 atom stereocenters. The van der Waals surface area contributed by atoms with Gasteiger partial charge in [-0.1, -0.05) is 17.7 Å². The van der Waals surface area contributed by atoms with E-state index in [1.807, 2.05) is 0 Å². The Morgan fingerprint density at radius 1 is 1.57 bits per heavy atom. The summed E-state index contributed by atoms with van der Waals surface area (Å²) in [4.78, 5) is 0. The van der Waals surface area contributed by atoms with Crippen LogP contribution in [-0.4, -0.2) is 23.1 Å². The zero-order chi connectivity index (χ0) is 4.41. The summed E-state index contributed by atoms with van der Waals surface area (Å²) in [6, 6.07) is 0. The zero-order valence-electron chi connectivity index (χ0n) is 3.58. The van der Waals surface area contributed by atoms with Gasteiger partial charge >= 0.3 is 23.1 Å². The number of allylic oxidation sites excluding steroid dienone is 2. The van der Waals surface area contributed by atoms with Crippen LogP contribution in [0.2, 0.25) is 0 Å². The average molecular weight is 129 g/mol. The molecule has 0 fully saturated rings. The van der Waals surface area contributed by atoms with Gasteiger partial charge in [-0.05, 0) is 19.3 Å². The summed E-state index contributed by atoms with van der Waals surface area (Å²) in [5.41, 5.74) is 0. The van der Waals surface area contributed by atoms with Crippen molar-refractivity contribution >= 4 is 34.7 Å². The van der Waals surface area contributed by atoms with E-state index in [9.17, 15) is 0 Å². The zero-order valence-corrected chi connectivity index (χ0v) is 4.33. The molecular formula is C5H9ClMg. The Morgan fingerprint density at radius 2 is 2.29 bits per heavy atom. The summed E-state index contributed by atoms with van der Waals surface area (Å²) in [6.45, 7) is 0. The monoisotopic (exact) mass is 128 g/mol. The first kappa shape index (κ1) is 7.80. The van der Waals surface area contributed by atoms with Gasteiger partial charge in [-0.25, -0.2) is 0 Å². The molecule has 0 radical (unpaired) electrons. The van der Waals surface area contributed by atoms with Crippen LogP contribution in [0.15, 0.2) is 11.1 Å². The number of rotatable bonds is 0. The summed E-state index contributed by atoms with van der Waals surface area (Å²) >= 11 is 5.57. The Bertz CT molecular complexity index is 78.1. The van der Waals surface area contributed by atoms with Gasteiger partial charge in [0.2, 0.25) is 0 Å². The molecule has 0 amide bonds. The van der Waals surface area contributed by atoms with Crippen LogP contribution in [0.25, 0.3) is 0 Å². The van der Waals surface area contributed by atoms with E-state index in [1.54, 1.807) is 0 Å². The molecule has 0 N–H and O–H groups in total. The van der Waals surface area contributed by atoms with Crippen molar-refractivity contribution in [2.75, 3.05) is 0 Å². The first-order chi connectivity index (χ1) is 2.89. The standard InChI is InChI=1S/C5H7Cl.Mg.2H/c6-5-3-1-2-4-5;;;/h3H,1-2,4H2;;;. The molecule has 0 aliphatic heterocycles. The molecule has 0 nitrogen and oxygen atoms in total.